The van der Waals surface area contributed by atoms with Gasteiger partial charge < -0.3 is 4.57 Å². The van der Waals surface area contributed by atoms with Gasteiger partial charge in [0, 0.05) is 17.3 Å². The zero-order valence-corrected chi connectivity index (χ0v) is 18.0. The number of carbonyl (C=O) groups is 1. The summed E-state index contributed by atoms with van der Waals surface area (Å²) in [6.45, 7) is 0.572. The van der Waals surface area contributed by atoms with Crippen LogP contribution in [0.2, 0.25) is 5.02 Å². The Morgan fingerprint density at radius 3 is 2.64 bits per heavy atom. The molecule has 0 aliphatic heterocycles. The summed E-state index contributed by atoms with van der Waals surface area (Å²) >= 11 is 8.55. The van der Waals surface area contributed by atoms with E-state index >= 15 is 0 Å². The van der Waals surface area contributed by atoms with E-state index in [2.05, 4.69) is 4.99 Å². The van der Waals surface area contributed by atoms with Crippen LogP contribution in [0.4, 0.5) is 4.39 Å². The van der Waals surface area contributed by atoms with E-state index in [9.17, 15) is 17.6 Å². The molecule has 1 heterocycles. The summed E-state index contributed by atoms with van der Waals surface area (Å²) in [5, 5.41) is 0.405. The van der Waals surface area contributed by atoms with Crippen LogP contribution in [-0.4, -0.2) is 36.7 Å². The molecule has 1 amide bonds. The lowest BCUT2D eigenvalue weighted by Crippen LogP contribution is -2.21. The first-order chi connectivity index (χ1) is 13.3. The predicted molar refractivity (Wildman–Crippen MR) is 112 cm³/mol. The number of carbonyl (C=O) groups excluding carboxylic acids is 1. The van der Waals surface area contributed by atoms with Crippen LogP contribution in [0, 0.1) is 5.82 Å². The van der Waals surface area contributed by atoms with Crippen molar-refractivity contribution in [3.05, 3.63) is 58.1 Å². The standard InChI is InChI=1S/C18H16ClFN2O3S3/c1-26-9-8-22-15-7-4-13(20)10-16(15)27-18(22)21-17(23)11-28(24,25)14-5-2-12(19)3-6-14/h2-7,10H,8-9,11H2,1H3. The molecule has 0 aliphatic carbocycles. The fourth-order valence-corrected chi connectivity index (χ4v) is 5.25. The van der Waals surface area contributed by atoms with Crippen molar-refractivity contribution in [3.63, 3.8) is 0 Å². The van der Waals surface area contributed by atoms with Crippen molar-refractivity contribution >= 4 is 60.7 Å². The molecular weight excluding hydrogens is 443 g/mol. The number of fused-ring (bicyclic) bond motifs is 1. The van der Waals surface area contributed by atoms with Gasteiger partial charge in [0.25, 0.3) is 5.91 Å². The largest absolute Gasteiger partial charge is 0.316 e. The summed E-state index contributed by atoms with van der Waals surface area (Å²) in [7, 11) is -3.83. The third-order valence-electron chi connectivity index (χ3n) is 3.87. The smallest absolute Gasteiger partial charge is 0.263 e. The van der Waals surface area contributed by atoms with Crippen LogP contribution in [0.1, 0.15) is 0 Å². The molecule has 3 rings (SSSR count). The van der Waals surface area contributed by atoms with Gasteiger partial charge in [-0.3, -0.25) is 4.79 Å². The number of hydrogen-bond donors (Lipinski definition) is 0. The van der Waals surface area contributed by atoms with Crippen molar-refractivity contribution in [3.8, 4) is 0 Å². The van der Waals surface area contributed by atoms with E-state index in [4.69, 9.17) is 11.6 Å². The third-order valence-corrected chi connectivity index (χ3v) is 7.37. The fourth-order valence-electron chi connectivity index (χ4n) is 2.56. The van der Waals surface area contributed by atoms with Crippen LogP contribution in [-0.2, 0) is 21.2 Å². The molecule has 0 radical (unpaired) electrons. The average molecular weight is 459 g/mol. The number of amides is 1. The van der Waals surface area contributed by atoms with Gasteiger partial charge in [0.15, 0.2) is 14.6 Å². The number of aromatic nitrogens is 1. The molecule has 0 aliphatic rings. The second-order valence-corrected chi connectivity index (χ2v) is 10.3. The maximum atomic E-state index is 13.5. The maximum absolute atomic E-state index is 13.5. The number of thioether (sulfide) groups is 1. The highest BCUT2D eigenvalue weighted by Crippen LogP contribution is 2.19. The Hall–Kier alpha value is -1.68. The van der Waals surface area contributed by atoms with Gasteiger partial charge >= 0.3 is 0 Å². The molecule has 0 bridgehead atoms. The fraction of sp³-hybridized carbons (Fsp3) is 0.222. The summed E-state index contributed by atoms with van der Waals surface area (Å²) in [5.74, 6) is -1.14. The molecular formula is C18H16ClFN2O3S3. The summed E-state index contributed by atoms with van der Waals surface area (Å²) in [6.07, 6.45) is 1.95. The van der Waals surface area contributed by atoms with Gasteiger partial charge in [-0.15, -0.1) is 0 Å². The Morgan fingerprint density at radius 2 is 1.96 bits per heavy atom. The van der Waals surface area contributed by atoms with Crippen LogP contribution < -0.4 is 4.80 Å². The molecule has 3 aromatic rings. The van der Waals surface area contributed by atoms with Crippen molar-refractivity contribution in [2.24, 2.45) is 4.99 Å². The van der Waals surface area contributed by atoms with Crippen molar-refractivity contribution in [1.29, 1.82) is 0 Å². The van der Waals surface area contributed by atoms with Gasteiger partial charge in [-0.05, 0) is 48.7 Å². The molecule has 0 unspecified atom stereocenters. The minimum Gasteiger partial charge on any atom is -0.316 e. The highest BCUT2D eigenvalue weighted by Gasteiger charge is 2.19. The first kappa shape index (κ1) is 21.0. The Kier molecular flexibility index (Phi) is 6.59. The summed E-state index contributed by atoms with van der Waals surface area (Å²) in [5.41, 5.74) is 0.757. The number of halogens is 2. The highest BCUT2D eigenvalue weighted by molar-refractivity contribution is 7.98. The van der Waals surface area contributed by atoms with Crippen LogP contribution >= 0.6 is 34.7 Å². The maximum Gasteiger partial charge on any atom is 0.263 e. The third kappa shape index (κ3) is 4.83. The molecule has 5 nitrogen and oxygen atoms in total. The van der Waals surface area contributed by atoms with Crippen LogP contribution in [0.5, 0.6) is 0 Å². The quantitative estimate of drug-likeness (QED) is 0.564. The van der Waals surface area contributed by atoms with E-state index in [0.717, 1.165) is 22.6 Å². The monoisotopic (exact) mass is 458 g/mol. The van der Waals surface area contributed by atoms with Gasteiger partial charge in [-0.25, -0.2) is 12.8 Å². The number of thiazole rings is 1. The minimum atomic E-state index is -3.83. The second-order valence-electron chi connectivity index (χ2n) is 5.86. The van der Waals surface area contributed by atoms with Gasteiger partial charge in [-0.2, -0.15) is 16.8 Å². The number of aryl methyl sites for hydroxylation is 1. The minimum absolute atomic E-state index is 0.00845. The molecule has 0 spiro atoms. The van der Waals surface area contributed by atoms with Crippen molar-refractivity contribution < 1.29 is 17.6 Å². The van der Waals surface area contributed by atoms with E-state index in [0.29, 0.717) is 21.1 Å². The number of hydrogen-bond acceptors (Lipinski definition) is 5. The van der Waals surface area contributed by atoms with Crippen molar-refractivity contribution in [2.75, 3.05) is 17.8 Å². The van der Waals surface area contributed by atoms with Crippen molar-refractivity contribution in [2.45, 2.75) is 11.4 Å². The Labute approximate surface area is 174 Å². The Morgan fingerprint density at radius 1 is 1.25 bits per heavy atom. The van der Waals surface area contributed by atoms with Gasteiger partial charge in [0.2, 0.25) is 0 Å². The van der Waals surface area contributed by atoms with E-state index in [-0.39, 0.29) is 10.7 Å². The Bertz CT molecular complexity index is 1190. The highest BCUT2D eigenvalue weighted by atomic mass is 35.5. The molecule has 0 saturated heterocycles. The average Bonchev–Trinajstić information content (AvgIpc) is 2.95. The van der Waals surface area contributed by atoms with Gasteiger partial charge in [0.05, 0.1) is 15.1 Å². The van der Waals surface area contributed by atoms with Crippen molar-refractivity contribution in [1.82, 2.24) is 4.57 Å². The van der Waals surface area contributed by atoms with E-state index in [1.54, 1.807) is 17.8 Å². The Balaban J connectivity index is 1.96. The SMILES string of the molecule is CSCCn1c(=NC(=O)CS(=O)(=O)c2ccc(Cl)cc2)sc2cc(F)ccc21. The second kappa shape index (κ2) is 8.77. The number of benzene rings is 2. The van der Waals surface area contributed by atoms with E-state index in [1.165, 1.54) is 36.4 Å². The number of sulfone groups is 1. The first-order valence-electron chi connectivity index (χ1n) is 8.14. The molecule has 2 aromatic carbocycles. The van der Waals surface area contributed by atoms with Crippen LogP contribution in [0.15, 0.2) is 52.4 Å². The molecule has 148 valence electrons. The van der Waals surface area contributed by atoms with Gasteiger partial charge in [0.1, 0.15) is 11.6 Å². The first-order valence-corrected chi connectivity index (χ1v) is 12.4. The lowest BCUT2D eigenvalue weighted by Gasteiger charge is -2.04. The zero-order valence-electron chi connectivity index (χ0n) is 14.8. The molecule has 0 saturated carbocycles. The summed E-state index contributed by atoms with van der Waals surface area (Å²) in [4.78, 5) is 16.8. The summed E-state index contributed by atoms with van der Waals surface area (Å²) < 4.78 is 40.9. The number of nitrogens with zero attached hydrogens (tertiary/aromatic N) is 2. The lowest BCUT2D eigenvalue weighted by atomic mass is 10.3. The molecule has 0 fully saturated rings. The van der Waals surface area contributed by atoms with Gasteiger partial charge in [-0.1, -0.05) is 22.9 Å². The molecule has 28 heavy (non-hydrogen) atoms. The van der Waals surface area contributed by atoms with Crippen LogP contribution in [0.25, 0.3) is 10.2 Å². The zero-order chi connectivity index (χ0) is 20.3. The van der Waals surface area contributed by atoms with E-state index < -0.39 is 21.5 Å². The van der Waals surface area contributed by atoms with Crippen LogP contribution in [0.3, 0.4) is 0 Å². The molecule has 0 atom stereocenters. The molecule has 10 heteroatoms. The number of rotatable bonds is 6. The summed E-state index contributed by atoms with van der Waals surface area (Å²) in [6, 6.07) is 9.97. The molecule has 0 N–H and O–H groups in total. The predicted octanol–water partition coefficient (Wildman–Crippen LogP) is 3.76. The van der Waals surface area contributed by atoms with E-state index in [1.807, 2.05) is 10.8 Å². The normalized spacial score (nSPS) is 12.6. The molecule has 1 aromatic heterocycles. The lowest BCUT2D eigenvalue weighted by molar-refractivity contribution is -0.115. The topological polar surface area (TPSA) is 68.5 Å².